The summed E-state index contributed by atoms with van der Waals surface area (Å²) in [6.45, 7) is 0. The lowest BCUT2D eigenvalue weighted by molar-refractivity contribution is -0.384. The molecule has 0 fully saturated rings. The molecule has 0 saturated carbocycles. The van der Waals surface area contributed by atoms with Crippen molar-refractivity contribution in [1.82, 2.24) is 0 Å². The van der Waals surface area contributed by atoms with Crippen molar-refractivity contribution in [2.75, 3.05) is 4.90 Å². The molecule has 126 valence electrons. The van der Waals surface area contributed by atoms with Gasteiger partial charge in [-0.3, -0.25) is 10.1 Å². The molecule has 1 atom stereocenters. The van der Waals surface area contributed by atoms with Gasteiger partial charge in [-0.2, -0.15) is 13.2 Å². The highest BCUT2D eigenvalue weighted by atomic mass is 19.4. The van der Waals surface area contributed by atoms with Crippen LogP contribution >= 0.6 is 0 Å². The standard InChI is InChI=1S/C15H11F3N2O4/c16-15(17,18)13(10-4-2-1-3-5-10)19(14(21)22)11-6-8-12(9-7-11)20(23)24/h1-9,13H,(H,21,22)/p-1/t13-/m0/s1. The number of hydrogen-bond donors (Lipinski definition) is 0. The summed E-state index contributed by atoms with van der Waals surface area (Å²) < 4.78 is 40.4. The van der Waals surface area contributed by atoms with Crippen LogP contribution in [0.4, 0.5) is 29.3 Å². The Labute approximate surface area is 133 Å². The van der Waals surface area contributed by atoms with Gasteiger partial charge in [-0.1, -0.05) is 30.3 Å². The lowest BCUT2D eigenvalue weighted by Crippen LogP contribution is -2.48. The lowest BCUT2D eigenvalue weighted by Gasteiger charge is -2.35. The van der Waals surface area contributed by atoms with Crippen molar-refractivity contribution in [3.05, 3.63) is 70.3 Å². The smallest absolute Gasteiger partial charge is 0.413 e. The molecule has 2 aromatic carbocycles. The highest BCUT2D eigenvalue weighted by Gasteiger charge is 2.45. The minimum Gasteiger partial charge on any atom is -0.530 e. The predicted octanol–water partition coefficient (Wildman–Crippen LogP) is 3.05. The van der Waals surface area contributed by atoms with E-state index in [0.717, 1.165) is 36.4 Å². The number of nitro groups is 1. The van der Waals surface area contributed by atoms with Crippen LogP contribution in [0.1, 0.15) is 11.6 Å². The Balaban J connectivity index is 2.54. The number of amides is 1. The zero-order valence-electron chi connectivity index (χ0n) is 11.9. The van der Waals surface area contributed by atoms with E-state index in [9.17, 15) is 33.2 Å². The Morgan fingerprint density at radius 1 is 1.04 bits per heavy atom. The second-order valence-electron chi connectivity index (χ2n) is 4.76. The second kappa shape index (κ2) is 6.57. The molecule has 2 rings (SSSR count). The molecule has 24 heavy (non-hydrogen) atoms. The van der Waals surface area contributed by atoms with Crippen LogP contribution < -0.4 is 10.0 Å². The SMILES string of the molecule is O=C([O-])N(c1ccc([N+](=O)[O-])cc1)[C@@H](c1ccccc1)C(F)(F)F. The van der Waals surface area contributed by atoms with Crippen LogP contribution in [0.5, 0.6) is 0 Å². The van der Waals surface area contributed by atoms with Crippen LogP contribution in [-0.4, -0.2) is 17.2 Å². The molecule has 0 spiro atoms. The molecule has 0 radical (unpaired) electrons. The van der Waals surface area contributed by atoms with Gasteiger partial charge in [0.1, 0.15) is 6.09 Å². The lowest BCUT2D eigenvalue weighted by atomic mass is 10.0. The number of carboxylic acid groups (broad SMARTS) is 1. The second-order valence-corrected chi connectivity index (χ2v) is 4.76. The molecular weight excluding hydrogens is 329 g/mol. The molecule has 0 aliphatic heterocycles. The number of carbonyl (C=O) groups is 1. The quantitative estimate of drug-likeness (QED) is 0.633. The van der Waals surface area contributed by atoms with Crippen LogP contribution in [-0.2, 0) is 0 Å². The first-order chi connectivity index (χ1) is 11.2. The monoisotopic (exact) mass is 339 g/mol. The summed E-state index contributed by atoms with van der Waals surface area (Å²) in [5.74, 6) is 0. The number of hydrogen-bond acceptors (Lipinski definition) is 4. The zero-order chi connectivity index (χ0) is 17.9. The first-order valence-corrected chi connectivity index (χ1v) is 6.58. The van der Waals surface area contributed by atoms with Crippen LogP contribution in [0.15, 0.2) is 54.6 Å². The number of nitrogens with zero attached hydrogens (tertiary/aromatic N) is 2. The summed E-state index contributed by atoms with van der Waals surface area (Å²) >= 11 is 0. The molecule has 0 aromatic heterocycles. The summed E-state index contributed by atoms with van der Waals surface area (Å²) in [7, 11) is 0. The highest BCUT2D eigenvalue weighted by Crippen LogP contribution is 2.40. The Bertz CT molecular complexity index is 733. The first-order valence-electron chi connectivity index (χ1n) is 6.58. The van der Waals surface area contributed by atoms with Crippen LogP contribution in [0.2, 0.25) is 0 Å². The number of rotatable bonds is 4. The number of carbonyl (C=O) groups excluding carboxylic acids is 1. The van der Waals surface area contributed by atoms with Crippen molar-refractivity contribution < 1.29 is 28.0 Å². The largest absolute Gasteiger partial charge is 0.530 e. The summed E-state index contributed by atoms with van der Waals surface area (Å²) in [5.41, 5.74) is -1.06. The molecule has 6 nitrogen and oxygen atoms in total. The van der Waals surface area contributed by atoms with Gasteiger partial charge in [-0.05, 0) is 17.7 Å². The third-order valence-electron chi connectivity index (χ3n) is 3.22. The fourth-order valence-electron chi connectivity index (χ4n) is 2.21. The van der Waals surface area contributed by atoms with E-state index in [0.29, 0.717) is 0 Å². The molecule has 2 aromatic rings. The molecule has 0 saturated heterocycles. The van der Waals surface area contributed by atoms with E-state index >= 15 is 0 Å². The maximum Gasteiger partial charge on any atom is 0.413 e. The number of non-ortho nitro benzene ring substituents is 1. The van der Waals surface area contributed by atoms with Crippen molar-refractivity contribution in [3.8, 4) is 0 Å². The van der Waals surface area contributed by atoms with E-state index in [1.54, 1.807) is 0 Å². The van der Waals surface area contributed by atoms with E-state index in [1.165, 1.54) is 18.2 Å². The van der Waals surface area contributed by atoms with Gasteiger partial charge in [0.25, 0.3) is 5.69 Å². The average Bonchev–Trinajstić information content (AvgIpc) is 2.52. The van der Waals surface area contributed by atoms with Gasteiger partial charge in [0.2, 0.25) is 0 Å². The van der Waals surface area contributed by atoms with Gasteiger partial charge < -0.3 is 14.8 Å². The summed E-state index contributed by atoms with van der Waals surface area (Å²) in [4.78, 5) is 21.3. The normalized spacial score (nSPS) is 12.5. The molecule has 0 N–H and O–H groups in total. The number of nitro benzene ring substituents is 1. The van der Waals surface area contributed by atoms with E-state index in [1.807, 2.05) is 0 Å². The molecule has 0 aliphatic carbocycles. The molecule has 9 heteroatoms. The molecular formula is C15H10F3N2O4-. The van der Waals surface area contributed by atoms with E-state index < -0.39 is 23.2 Å². The number of anilines is 1. The summed E-state index contributed by atoms with van der Waals surface area (Å²) in [5, 5.41) is 22.0. The molecule has 0 aliphatic rings. The first kappa shape index (κ1) is 17.3. The molecule has 1 amide bonds. The van der Waals surface area contributed by atoms with Crippen LogP contribution in [0.25, 0.3) is 0 Å². The number of halogens is 3. The Kier molecular flexibility index (Phi) is 4.72. The van der Waals surface area contributed by atoms with Crippen molar-refractivity contribution in [2.24, 2.45) is 0 Å². The van der Waals surface area contributed by atoms with E-state index in [-0.39, 0.29) is 21.8 Å². The zero-order valence-corrected chi connectivity index (χ0v) is 11.9. The minimum atomic E-state index is -4.91. The maximum absolute atomic E-state index is 13.5. The van der Waals surface area contributed by atoms with Gasteiger partial charge in [0.15, 0.2) is 6.04 Å². The Hall–Kier alpha value is -3.10. The molecule has 0 unspecified atom stereocenters. The van der Waals surface area contributed by atoms with E-state index in [4.69, 9.17) is 0 Å². The van der Waals surface area contributed by atoms with Crippen LogP contribution in [0.3, 0.4) is 0 Å². The highest BCUT2D eigenvalue weighted by molar-refractivity contribution is 5.86. The maximum atomic E-state index is 13.5. The third kappa shape index (κ3) is 3.62. The van der Waals surface area contributed by atoms with Crippen molar-refractivity contribution in [3.63, 3.8) is 0 Å². The van der Waals surface area contributed by atoms with Crippen molar-refractivity contribution in [1.29, 1.82) is 0 Å². The van der Waals surface area contributed by atoms with E-state index in [2.05, 4.69) is 0 Å². The fourth-order valence-corrected chi connectivity index (χ4v) is 2.21. The summed E-state index contributed by atoms with van der Waals surface area (Å²) in [6.07, 6.45) is -6.99. The topological polar surface area (TPSA) is 86.5 Å². The minimum absolute atomic E-state index is 0.0268. The Morgan fingerprint density at radius 3 is 2.00 bits per heavy atom. The van der Waals surface area contributed by atoms with Gasteiger partial charge in [-0.15, -0.1) is 0 Å². The predicted molar refractivity (Wildman–Crippen MR) is 76.2 cm³/mol. The average molecular weight is 339 g/mol. The van der Waals surface area contributed by atoms with Gasteiger partial charge in [0, 0.05) is 17.8 Å². The van der Waals surface area contributed by atoms with Gasteiger partial charge in [0.05, 0.1) is 4.92 Å². The van der Waals surface area contributed by atoms with Crippen molar-refractivity contribution in [2.45, 2.75) is 12.2 Å². The third-order valence-corrected chi connectivity index (χ3v) is 3.22. The molecule has 0 bridgehead atoms. The summed E-state index contributed by atoms with van der Waals surface area (Å²) in [6, 6.07) is 7.66. The molecule has 0 heterocycles. The fraction of sp³-hybridized carbons (Fsp3) is 0.133. The Morgan fingerprint density at radius 2 is 1.58 bits per heavy atom. The van der Waals surface area contributed by atoms with Gasteiger partial charge >= 0.3 is 6.18 Å². The van der Waals surface area contributed by atoms with Gasteiger partial charge in [-0.25, -0.2) is 0 Å². The van der Waals surface area contributed by atoms with Crippen molar-refractivity contribution >= 4 is 17.5 Å². The van der Waals surface area contributed by atoms with Crippen LogP contribution in [0, 0.1) is 10.1 Å². The number of alkyl halides is 3. The number of benzene rings is 2.